The van der Waals surface area contributed by atoms with Crippen LogP contribution in [-0.4, -0.2) is 18.1 Å². The van der Waals surface area contributed by atoms with Crippen molar-refractivity contribution in [2.45, 2.75) is 51.9 Å². The zero-order chi connectivity index (χ0) is 15.4. The summed E-state index contributed by atoms with van der Waals surface area (Å²) in [6, 6.07) is 10.8. The van der Waals surface area contributed by atoms with Gasteiger partial charge in [-0.05, 0) is 43.6 Å². The molecule has 1 aliphatic heterocycles. The summed E-state index contributed by atoms with van der Waals surface area (Å²) in [5.41, 5.74) is 2.75. The van der Waals surface area contributed by atoms with Crippen LogP contribution in [-0.2, 0) is 12.8 Å². The lowest BCUT2D eigenvalue weighted by Crippen LogP contribution is -2.18. The highest BCUT2D eigenvalue weighted by Crippen LogP contribution is 2.36. The molecule has 0 atom stereocenters. The van der Waals surface area contributed by atoms with E-state index < -0.39 is 0 Å². The summed E-state index contributed by atoms with van der Waals surface area (Å²) >= 11 is 1.94. The van der Waals surface area contributed by atoms with E-state index in [0.29, 0.717) is 5.92 Å². The lowest BCUT2D eigenvalue weighted by atomic mass is 10.1. The van der Waals surface area contributed by atoms with Crippen LogP contribution >= 0.6 is 11.3 Å². The van der Waals surface area contributed by atoms with Gasteiger partial charge < -0.3 is 4.90 Å². The first-order valence-electron chi connectivity index (χ1n) is 8.52. The highest BCUT2D eigenvalue weighted by molar-refractivity contribution is 7.15. The molecule has 0 saturated carbocycles. The van der Waals surface area contributed by atoms with Crippen LogP contribution in [0.4, 0.5) is 5.00 Å². The molecule has 0 radical (unpaired) electrons. The summed E-state index contributed by atoms with van der Waals surface area (Å²) < 4.78 is 0. The van der Waals surface area contributed by atoms with Crippen molar-refractivity contribution in [1.82, 2.24) is 4.98 Å². The average Bonchev–Trinajstić information content (AvgIpc) is 3.17. The van der Waals surface area contributed by atoms with Crippen molar-refractivity contribution >= 4 is 16.3 Å². The Balaban J connectivity index is 1.65. The molecule has 1 fully saturated rings. The van der Waals surface area contributed by atoms with Gasteiger partial charge in [-0.15, -0.1) is 11.3 Å². The maximum Gasteiger partial charge on any atom is 0.115 e. The van der Waals surface area contributed by atoms with Gasteiger partial charge in [-0.3, -0.25) is 0 Å². The maximum absolute atomic E-state index is 4.96. The molecule has 3 heteroatoms. The third-order valence-electron chi connectivity index (χ3n) is 4.32. The average molecular weight is 314 g/mol. The molecule has 0 amide bonds. The van der Waals surface area contributed by atoms with E-state index in [4.69, 9.17) is 4.98 Å². The van der Waals surface area contributed by atoms with E-state index in [-0.39, 0.29) is 0 Å². The van der Waals surface area contributed by atoms with Crippen molar-refractivity contribution in [3.8, 4) is 0 Å². The van der Waals surface area contributed by atoms with Gasteiger partial charge in [-0.1, -0.05) is 44.2 Å². The fourth-order valence-electron chi connectivity index (χ4n) is 3.09. The first kappa shape index (κ1) is 15.5. The highest BCUT2D eigenvalue weighted by atomic mass is 32.1. The van der Waals surface area contributed by atoms with Gasteiger partial charge in [0.15, 0.2) is 0 Å². The number of aryl methyl sites for hydroxylation is 2. The Morgan fingerprint density at radius 1 is 1.09 bits per heavy atom. The van der Waals surface area contributed by atoms with E-state index in [0.717, 1.165) is 12.8 Å². The fraction of sp³-hybridized carbons (Fsp3) is 0.526. The predicted molar refractivity (Wildman–Crippen MR) is 96.1 cm³/mol. The fourth-order valence-corrected chi connectivity index (χ4v) is 4.40. The van der Waals surface area contributed by atoms with Crippen LogP contribution in [0.3, 0.4) is 0 Å². The number of benzene rings is 1. The van der Waals surface area contributed by atoms with Crippen LogP contribution in [0.25, 0.3) is 0 Å². The molecule has 22 heavy (non-hydrogen) atoms. The molecule has 3 rings (SSSR count). The van der Waals surface area contributed by atoms with Crippen molar-refractivity contribution in [3.63, 3.8) is 0 Å². The molecule has 1 aromatic carbocycles. The molecule has 0 bridgehead atoms. The van der Waals surface area contributed by atoms with Crippen molar-refractivity contribution in [1.29, 1.82) is 0 Å². The summed E-state index contributed by atoms with van der Waals surface area (Å²) in [6.07, 6.45) is 6.11. The zero-order valence-corrected chi connectivity index (χ0v) is 14.5. The molecule has 118 valence electrons. The van der Waals surface area contributed by atoms with Gasteiger partial charge in [0.25, 0.3) is 0 Å². The van der Waals surface area contributed by atoms with Crippen molar-refractivity contribution in [2.24, 2.45) is 0 Å². The van der Waals surface area contributed by atoms with E-state index in [1.54, 1.807) is 0 Å². The number of hydrogen-bond acceptors (Lipinski definition) is 3. The molecule has 1 aromatic heterocycles. The van der Waals surface area contributed by atoms with E-state index in [1.165, 1.54) is 53.6 Å². The second kappa shape index (κ2) is 7.28. The number of aromatic nitrogens is 1. The number of hydrogen-bond donors (Lipinski definition) is 0. The molecule has 0 spiro atoms. The molecule has 0 unspecified atom stereocenters. The van der Waals surface area contributed by atoms with Gasteiger partial charge >= 0.3 is 0 Å². The number of rotatable bonds is 6. The highest BCUT2D eigenvalue weighted by Gasteiger charge is 2.21. The van der Waals surface area contributed by atoms with Gasteiger partial charge in [0.2, 0.25) is 0 Å². The number of nitrogens with zero attached hydrogens (tertiary/aromatic N) is 2. The Morgan fingerprint density at radius 2 is 1.82 bits per heavy atom. The van der Waals surface area contributed by atoms with E-state index in [1.807, 2.05) is 11.3 Å². The molecule has 0 aliphatic carbocycles. The standard InChI is InChI=1S/C19H26N2S/c1-15(2)18-19(21-13-6-7-14-21)22-17(20-18)12-8-11-16-9-4-3-5-10-16/h3-5,9-10,15H,6-8,11-14H2,1-2H3. The largest absolute Gasteiger partial charge is 0.362 e. The van der Waals surface area contributed by atoms with E-state index in [2.05, 4.69) is 49.1 Å². The Morgan fingerprint density at radius 3 is 2.50 bits per heavy atom. The molecular formula is C19H26N2S. The van der Waals surface area contributed by atoms with Crippen LogP contribution in [0.5, 0.6) is 0 Å². The first-order valence-corrected chi connectivity index (χ1v) is 9.34. The van der Waals surface area contributed by atoms with Crippen LogP contribution in [0.2, 0.25) is 0 Å². The Labute approximate surface area is 138 Å². The number of anilines is 1. The van der Waals surface area contributed by atoms with Crippen molar-refractivity contribution in [2.75, 3.05) is 18.0 Å². The molecule has 1 saturated heterocycles. The van der Waals surface area contributed by atoms with Gasteiger partial charge in [0, 0.05) is 13.1 Å². The third kappa shape index (κ3) is 3.70. The first-order chi connectivity index (χ1) is 10.7. The van der Waals surface area contributed by atoms with Gasteiger partial charge in [0.1, 0.15) is 5.00 Å². The topological polar surface area (TPSA) is 16.1 Å². The second-order valence-electron chi connectivity index (χ2n) is 6.49. The Hall–Kier alpha value is -1.35. The maximum atomic E-state index is 4.96. The summed E-state index contributed by atoms with van der Waals surface area (Å²) in [5.74, 6) is 0.523. The van der Waals surface area contributed by atoms with Crippen molar-refractivity contribution in [3.05, 3.63) is 46.6 Å². The van der Waals surface area contributed by atoms with Gasteiger partial charge in [-0.25, -0.2) is 4.98 Å². The monoisotopic (exact) mass is 314 g/mol. The molecule has 2 nitrogen and oxygen atoms in total. The minimum atomic E-state index is 0.523. The molecule has 1 aliphatic rings. The van der Waals surface area contributed by atoms with E-state index in [9.17, 15) is 0 Å². The smallest absolute Gasteiger partial charge is 0.115 e. The Kier molecular flexibility index (Phi) is 5.14. The minimum absolute atomic E-state index is 0.523. The zero-order valence-electron chi connectivity index (χ0n) is 13.7. The molecular weight excluding hydrogens is 288 g/mol. The summed E-state index contributed by atoms with van der Waals surface area (Å²) in [4.78, 5) is 7.51. The van der Waals surface area contributed by atoms with Gasteiger partial charge in [0.05, 0.1) is 10.7 Å². The van der Waals surface area contributed by atoms with Crippen LogP contribution in [0.15, 0.2) is 30.3 Å². The quantitative estimate of drug-likeness (QED) is 0.742. The predicted octanol–water partition coefficient (Wildman–Crippen LogP) is 5.04. The van der Waals surface area contributed by atoms with Gasteiger partial charge in [-0.2, -0.15) is 0 Å². The van der Waals surface area contributed by atoms with Crippen LogP contribution in [0, 0.1) is 0 Å². The molecule has 2 heterocycles. The number of thiazole rings is 1. The summed E-state index contributed by atoms with van der Waals surface area (Å²) in [5, 5.41) is 2.77. The third-order valence-corrected chi connectivity index (χ3v) is 5.51. The lowest BCUT2D eigenvalue weighted by Gasteiger charge is -2.17. The van der Waals surface area contributed by atoms with Crippen molar-refractivity contribution < 1.29 is 0 Å². The second-order valence-corrected chi connectivity index (χ2v) is 7.55. The Bertz CT molecular complexity index is 583. The van der Waals surface area contributed by atoms with Crippen LogP contribution in [0.1, 0.15) is 55.3 Å². The SMILES string of the molecule is CC(C)c1nc(CCCc2ccccc2)sc1N1CCCC1. The molecule has 2 aromatic rings. The summed E-state index contributed by atoms with van der Waals surface area (Å²) in [7, 11) is 0. The normalized spacial score (nSPS) is 15.0. The van der Waals surface area contributed by atoms with E-state index >= 15 is 0 Å². The summed E-state index contributed by atoms with van der Waals surface area (Å²) in [6.45, 7) is 6.96. The lowest BCUT2D eigenvalue weighted by molar-refractivity contribution is 0.782. The molecule has 0 N–H and O–H groups in total. The minimum Gasteiger partial charge on any atom is -0.362 e. The van der Waals surface area contributed by atoms with Crippen LogP contribution < -0.4 is 4.90 Å².